The van der Waals surface area contributed by atoms with Crippen molar-refractivity contribution in [1.82, 2.24) is 9.97 Å². The lowest BCUT2D eigenvalue weighted by molar-refractivity contribution is 0.317. The molecule has 5 heteroatoms. The van der Waals surface area contributed by atoms with Gasteiger partial charge in [0.1, 0.15) is 23.1 Å². The number of nitrogens with one attached hydrogen (secondary N) is 1. The molecule has 0 radical (unpaired) electrons. The van der Waals surface area contributed by atoms with E-state index in [2.05, 4.69) is 22.2 Å². The van der Waals surface area contributed by atoms with Gasteiger partial charge in [0.05, 0.1) is 6.61 Å². The normalized spacial score (nSPS) is 10.2. The molecule has 0 amide bonds. The molecule has 0 saturated carbocycles. The summed E-state index contributed by atoms with van der Waals surface area (Å²) in [6.45, 7) is 4.63. The van der Waals surface area contributed by atoms with Gasteiger partial charge in [-0.15, -0.1) is 0 Å². The molecule has 2 rings (SSSR count). The van der Waals surface area contributed by atoms with Crippen LogP contribution in [-0.4, -0.2) is 23.6 Å². The molecule has 0 fully saturated rings. The Hall–Kier alpha value is -2.30. The minimum Gasteiger partial charge on any atom is -0.494 e. The molecule has 1 heterocycles. The predicted molar refractivity (Wildman–Crippen MR) is 78.6 cm³/mol. The van der Waals surface area contributed by atoms with Crippen molar-refractivity contribution in [2.24, 2.45) is 0 Å². The van der Waals surface area contributed by atoms with Gasteiger partial charge in [-0.2, -0.15) is 4.98 Å². The molecular weight excluding hydrogens is 254 g/mol. The van der Waals surface area contributed by atoms with Gasteiger partial charge in [-0.05, 0) is 37.6 Å². The van der Waals surface area contributed by atoms with Crippen LogP contribution in [0.2, 0.25) is 0 Å². The summed E-state index contributed by atoms with van der Waals surface area (Å²) in [6, 6.07) is 9.26. The van der Waals surface area contributed by atoms with E-state index in [1.54, 1.807) is 6.07 Å². The van der Waals surface area contributed by atoms with E-state index in [0.29, 0.717) is 17.5 Å². The highest BCUT2D eigenvalue weighted by Gasteiger charge is 2.03. The zero-order chi connectivity index (χ0) is 14.4. The largest absolute Gasteiger partial charge is 0.494 e. The lowest BCUT2D eigenvalue weighted by Crippen LogP contribution is -1.99. The molecule has 0 aliphatic heterocycles. The van der Waals surface area contributed by atoms with Crippen LogP contribution in [-0.2, 0) is 0 Å². The summed E-state index contributed by atoms with van der Waals surface area (Å²) in [5.41, 5.74) is 0. The van der Waals surface area contributed by atoms with Gasteiger partial charge in [0.15, 0.2) is 0 Å². The maximum absolute atomic E-state index is 5.71. The van der Waals surface area contributed by atoms with Crippen molar-refractivity contribution in [3.63, 3.8) is 0 Å². The first-order valence-electron chi connectivity index (χ1n) is 6.65. The van der Waals surface area contributed by atoms with Gasteiger partial charge >= 0.3 is 0 Å². The Bertz CT molecular complexity index is 556. The van der Waals surface area contributed by atoms with Crippen LogP contribution in [0.15, 0.2) is 30.3 Å². The number of aromatic nitrogens is 2. The molecule has 0 aliphatic rings. The Balaban J connectivity index is 2.07. The summed E-state index contributed by atoms with van der Waals surface area (Å²) in [5, 5.41) is 2.98. The first-order valence-corrected chi connectivity index (χ1v) is 6.65. The zero-order valence-electron chi connectivity index (χ0n) is 12.0. The molecule has 1 aromatic heterocycles. The van der Waals surface area contributed by atoms with Gasteiger partial charge in [0.25, 0.3) is 0 Å². The van der Waals surface area contributed by atoms with Gasteiger partial charge in [-0.3, -0.25) is 0 Å². The molecule has 1 N–H and O–H groups in total. The molecule has 0 aliphatic carbocycles. The highest BCUT2D eigenvalue weighted by molar-refractivity contribution is 5.40. The summed E-state index contributed by atoms with van der Waals surface area (Å²) < 4.78 is 11.2. The Morgan fingerprint density at radius 2 is 1.80 bits per heavy atom. The van der Waals surface area contributed by atoms with E-state index in [9.17, 15) is 0 Å². The maximum atomic E-state index is 5.71. The van der Waals surface area contributed by atoms with E-state index in [4.69, 9.17) is 9.47 Å². The molecule has 20 heavy (non-hydrogen) atoms. The second-order valence-corrected chi connectivity index (χ2v) is 4.31. The fourth-order valence-electron chi connectivity index (χ4n) is 1.67. The van der Waals surface area contributed by atoms with Crippen molar-refractivity contribution in [3.05, 3.63) is 36.2 Å². The highest BCUT2D eigenvalue weighted by Crippen LogP contribution is 2.24. The van der Waals surface area contributed by atoms with E-state index in [1.165, 1.54) is 0 Å². The van der Waals surface area contributed by atoms with E-state index >= 15 is 0 Å². The maximum Gasteiger partial charge on any atom is 0.224 e. The fourth-order valence-corrected chi connectivity index (χ4v) is 1.67. The van der Waals surface area contributed by atoms with Crippen molar-refractivity contribution in [2.75, 3.05) is 19.0 Å². The summed E-state index contributed by atoms with van der Waals surface area (Å²) in [5.74, 6) is 3.47. The van der Waals surface area contributed by atoms with Crippen LogP contribution < -0.4 is 14.8 Å². The van der Waals surface area contributed by atoms with Crippen LogP contribution in [0.25, 0.3) is 0 Å². The second-order valence-electron chi connectivity index (χ2n) is 4.31. The van der Waals surface area contributed by atoms with Gasteiger partial charge in [-0.1, -0.05) is 6.92 Å². The Morgan fingerprint density at radius 1 is 1.10 bits per heavy atom. The fraction of sp³-hybridized carbons (Fsp3) is 0.333. The summed E-state index contributed by atoms with van der Waals surface area (Å²) in [6.07, 6.45) is 0.991. The molecule has 106 valence electrons. The number of rotatable bonds is 6. The summed E-state index contributed by atoms with van der Waals surface area (Å²) in [7, 11) is 1.81. The van der Waals surface area contributed by atoms with E-state index in [0.717, 1.165) is 24.6 Å². The number of hydrogen-bond acceptors (Lipinski definition) is 5. The third-order valence-corrected chi connectivity index (χ3v) is 2.59. The Labute approximate surface area is 119 Å². The SMILES string of the molecule is CCCOc1ccc(Oc2cc(NC)nc(C)n2)cc1. The van der Waals surface area contributed by atoms with Crippen LogP contribution in [0.1, 0.15) is 19.2 Å². The third-order valence-electron chi connectivity index (χ3n) is 2.59. The zero-order valence-corrected chi connectivity index (χ0v) is 12.0. The van der Waals surface area contributed by atoms with Crippen molar-refractivity contribution in [1.29, 1.82) is 0 Å². The minimum absolute atomic E-state index is 0.518. The molecule has 0 bridgehead atoms. The van der Waals surface area contributed by atoms with E-state index in [-0.39, 0.29) is 0 Å². The van der Waals surface area contributed by atoms with Crippen LogP contribution in [0.3, 0.4) is 0 Å². The van der Waals surface area contributed by atoms with Gasteiger partial charge < -0.3 is 14.8 Å². The number of ether oxygens (including phenoxy) is 2. The second kappa shape index (κ2) is 6.75. The Kier molecular flexibility index (Phi) is 4.76. The Morgan fingerprint density at radius 3 is 2.45 bits per heavy atom. The third kappa shape index (κ3) is 3.85. The van der Waals surface area contributed by atoms with Crippen LogP contribution in [0.5, 0.6) is 17.4 Å². The summed E-state index contributed by atoms with van der Waals surface area (Å²) in [4.78, 5) is 8.46. The molecular formula is C15H19N3O2. The highest BCUT2D eigenvalue weighted by atomic mass is 16.5. The molecule has 5 nitrogen and oxygen atoms in total. The molecule has 1 aromatic carbocycles. The predicted octanol–water partition coefficient (Wildman–Crippen LogP) is 3.41. The number of hydrogen-bond donors (Lipinski definition) is 1. The van der Waals surface area contributed by atoms with Gasteiger partial charge in [-0.25, -0.2) is 4.98 Å². The topological polar surface area (TPSA) is 56.3 Å². The van der Waals surface area contributed by atoms with Crippen molar-refractivity contribution in [3.8, 4) is 17.4 Å². The molecule has 0 unspecified atom stereocenters. The quantitative estimate of drug-likeness (QED) is 0.874. The van der Waals surface area contributed by atoms with Crippen LogP contribution in [0, 0.1) is 6.92 Å². The summed E-state index contributed by atoms with van der Waals surface area (Å²) >= 11 is 0. The standard InChI is InChI=1S/C15H19N3O2/c1-4-9-19-12-5-7-13(8-6-12)20-15-10-14(16-3)17-11(2)18-15/h5-8,10H,4,9H2,1-3H3,(H,16,17,18). The lowest BCUT2D eigenvalue weighted by atomic mass is 10.3. The lowest BCUT2D eigenvalue weighted by Gasteiger charge is -2.08. The molecule has 0 atom stereocenters. The number of benzene rings is 1. The number of aryl methyl sites for hydroxylation is 1. The van der Waals surface area contributed by atoms with Gasteiger partial charge in [0.2, 0.25) is 5.88 Å². The number of anilines is 1. The average molecular weight is 273 g/mol. The van der Waals surface area contributed by atoms with Crippen LogP contribution in [0.4, 0.5) is 5.82 Å². The molecule has 2 aromatic rings. The smallest absolute Gasteiger partial charge is 0.224 e. The monoisotopic (exact) mass is 273 g/mol. The van der Waals surface area contributed by atoms with E-state index < -0.39 is 0 Å². The average Bonchev–Trinajstić information content (AvgIpc) is 2.46. The molecule has 0 spiro atoms. The van der Waals surface area contributed by atoms with Crippen molar-refractivity contribution < 1.29 is 9.47 Å². The van der Waals surface area contributed by atoms with Gasteiger partial charge in [0, 0.05) is 13.1 Å². The van der Waals surface area contributed by atoms with Crippen molar-refractivity contribution in [2.45, 2.75) is 20.3 Å². The molecule has 0 saturated heterocycles. The first kappa shape index (κ1) is 14.1. The number of nitrogens with zero attached hydrogens (tertiary/aromatic N) is 2. The van der Waals surface area contributed by atoms with Crippen molar-refractivity contribution >= 4 is 5.82 Å². The van der Waals surface area contributed by atoms with Crippen LogP contribution >= 0.6 is 0 Å². The van der Waals surface area contributed by atoms with E-state index in [1.807, 2.05) is 38.2 Å². The minimum atomic E-state index is 0.518. The first-order chi connectivity index (χ1) is 9.71.